The van der Waals surface area contributed by atoms with Crippen molar-refractivity contribution >= 4 is 23.2 Å². The molecule has 2 nitrogen and oxygen atoms in total. The van der Waals surface area contributed by atoms with Gasteiger partial charge in [-0.15, -0.1) is 0 Å². The molecule has 0 radical (unpaired) electrons. The van der Waals surface area contributed by atoms with Crippen molar-refractivity contribution in [3.63, 3.8) is 0 Å². The number of hydrogen-bond donors (Lipinski definition) is 1. The van der Waals surface area contributed by atoms with E-state index in [-0.39, 0.29) is 6.10 Å². The number of benzene rings is 2. The smallest absolute Gasteiger partial charge is 0.0718 e. The van der Waals surface area contributed by atoms with Crippen molar-refractivity contribution < 1.29 is 9.84 Å². The highest BCUT2D eigenvalue weighted by molar-refractivity contribution is 6.34. The van der Waals surface area contributed by atoms with Gasteiger partial charge in [-0.25, -0.2) is 0 Å². The Morgan fingerprint density at radius 3 is 2.46 bits per heavy atom. The monoisotopic (exact) mass is 392 g/mol. The van der Waals surface area contributed by atoms with Gasteiger partial charge < -0.3 is 9.84 Å². The molecule has 0 bridgehead atoms. The molecule has 26 heavy (non-hydrogen) atoms. The maximum Gasteiger partial charge on any atom is 0.0718 e. The van der Waals surface area contributed by atoms with Gasteiger partial charge in [-0.1, -0.05) is 60.0 Å². The van der Waals surface area contributed by atoms with E-state index < -0.39 is 0 Å². The Morgan fingerprint density at radius 2 is 1.73 bits per heavy atom. The fraction of sp³-hybridized carbons (Fsp3) is 0.455. The zero-order chi connectivity index (χ0) is 18.4. The molecule has 1 saturated carbocycles. The summed E-state index contributed by atoms with van der Waals surface area (Å²) in [7, 11) is 0. The summed E-state index contributed by atoms with van der Waals surface area (Å²) in [6.07, 6.45) is 4.87. The molecule has 0 aliphatic heterocycles. The fourth-order valence-corrected chi connectivity index (χ4v) is 4.55. The van der Waals surface area contributed by atoms with E-state index in [1.54, 1.807) is 6.07 Å². The van der Waals surface area contributed by atoms with Gasteiger partial charge in [0.2, 0.25) is 0 Å². The average molecular weight is 393 g/mol. The molecule has 1 N–H and O–H groups in total. The Kier molecular flexibility index (Phi) is 7.39. The van der Waals surface area contributed by atoms with Crippen molar-refractivity contribution in [2.45, 2.75) is 44.8 Å². The second-order valence-corrected chi connectivity index (χ2v) is 8.11. The van der Waals surface area contributed by atoms with Crippen LogP contribution >= 0.6 is 23.2 Å². The lowest BCUT2D eigenvalue weighted by atomic mass is 9.88. The lowest BCUT2D eigenvalue weighted by Crippen LogP contribution is -2.27. The van der Waals surface area contributed by atoms with Crippen LogP contribution < -0.4 is 0 Å². The second kappa shape index (κ2) is 9.75. The molecule has 0 spiro atoms. The first-order valence-corrected chi connectivity index (χ1v) is 10.1. The molecule has 140 valence electrons. The summed E-state index contributed by atoms with van der Waals surface area (Å²) >= 11 is 12.1. The Morgan fingerprint density at radius 1 is 1.00 bits per heavy atom. The topological polar surface area (TPSA) is 29.5 Å². The van der Waals surface area contributed by atoms with Gasteiger partial charge in [-0.05, 0) is 66.8 Å². The van der Waals surface area contributed by atoms with Gasteiger partial charge in [0.25, 0.3) is 0 Å². The van der Waals surface area contributed by atoms with E-state index in [1.165, 1.54) is 12.0 Å². The molecule has 0 amide bonds. The van der Waals surface area contributed by atoms with Crippen LogP contribution in [0.4, 0.5) is 0 Å². The third kappa shape index (κ3) is 5.72. The highest BCUT2D eigenvalue weighted by Gasteiger charge is 2.32. The molecule has 0 heterocycles. The normalized spacial score (nSPS) is 21.0. The molecule has 1 fully saturated rings. The maximum atomic E-state index is 10.7. The molecular weight excluding hydrogens is 367 g/mol. The van der Waals surface area contributed by atoms with Gasteiger partial charge in [0.1, 0.15) is 0 Å². The zero-order valence-electron chi connectivity index (χ0n) is 14.9. The molecule has 2 aromatic rings. The standard InChI is InChI=1S/C22H26Cl2O2/c23-19-11-17(12-20(24)13-19)14-26-15-18-7-4-8-21(18)22(25)10-9-16-5-2-1-3-6-16/h1-3,5-6,11-13,18,21-22,25H,4,7-10,14-15H2/t18-,21+,22?/m0/s1. The lowest BCUT2D eigenvalue weighted by molar-refractivity contribution is 0.0257. The van der Waals surface area contributed by atoms with Gasteiger partial charge in [0.05, 0.1) is 19.3 Å². The van der Waals surface area contributed by atoms with Gasteiger partial charge in [-0.3, -0.25) is 0 Å². The number of ether oxygens (including phenoxy) is 1. The van der Waals surface area contributed by atoms with Crippen molar-refractivity contribution in [2.75, 3.05) is 6.61 Å². The third-order valence-electron chi connectivity index (χ3n) is 5.31. The Bertz CT molecular complexity index is 670. The summed E-state index contributed by atoms with van der Waals surface area (Å²) in [5, 5.41) is 11.9. The summed E-state index contributed by atoms with van der Waals surface area (Å²) in [5.41, 5.74) is 2.27. The number of rotatable bonds is 8. The summed E-state index contributed by atoms with van der Waals surface area (Å²) in [5.74, 6) is 0.761. The van der Waals surface area contributed by atoms with Crippen LogP contribution in [0.5, 0.6) is 0 Å². The molecule has 2 aromatic carbocycles. The molecule has 4 heteroatoms. The summed E-state index contributed by atoms with van der Waals surface area (Å²) in [6.45, 7) is 1.18. The number of aliphatic hydroxyl groups is 1. The number of aliphatic hydroxyl groups excluding tert-OH is 1. The highest BCUT2D eigenvalue weighted by Crippen LogP contribution is 2.36. The van der Waals surface area contributed by atoms with E-state index in [2.05, 4.69) is 24.3 Å². The van der Waals surface area contributed by atoms with Crippen LogP contribution in [-0.4, -0.2) is 17.8 Å². The lowest BCUT2D eigenvalue weighted by Gasteiger charge is -2.25. The predicted octanol–water partition coefficient (Wildman–Crippen LogP) is 5.92. The largest absolute Gasteiger partial charge is 0.393 e. The number of aryl methyl sites for hydroxylation is 1. The Hall–Kier alpha value is -1.06. The predicted molar refractivity (Wildman–Crippen MR) is 108 cm³/mol. The first-order chi connectivity index (χ1) is 12.6. The van der Waals surface area contributed by atoms with Crippen molar-refractivity contribution in [2.24, 2.45) is 11.8 Å². The minimum Gasteiger partial charge on any atom is -0.393 e. The fourth-order valence-electron chi connectivity index (χ4n) is 3.97. The minimum absolute atomic E-state index is 0.257. The molecule has 0 aromatic heterocycles. The van der Waals surface area contributed by atoms with Crippen LogP contribution in [0.2, 0.25) is 10.0 Å². The van der Waals surface area contributed by atoms with E-state index in [9.17, 15) is 5.11 Å². The van der Waals surface area contributed by atoms with E-state index in [0.717, 1.165) is 31.2 Å². The molecule has 1 unspecified atom stereocenters. The van der Waals surface area contributed by atoms with Crippen LogP contribution in [0.3, 0.4) is 0 Å². The SMILES string of the molecule is OC(CCc1ccccc1)[C@@H]1CCC[C@H]1COCc1cc(Cl)cc(Cl)c1. The summed E-state index contributed by atoms with van der Waals surface area (Å²) < 4.78 is 5.93. The van der Waals surface area contributed by atoms with Crippen molar-refractivity contribution in [1.29, 1.82) is 0 Å². The van der Waals surface area contributed by atoms with Crippen LogP contribution in [-0.2, 0) is 17.8 Å². The van der Waals surface area contributed by atoms with E-state index in [1.807, 2.05) is 18.2 Å². The quantitative estimate of drug-likeness (QED) is 0.603. The van der Waals surface area contributed by atoms with E-state index in [4.69, 9.17) is 27.9 Å². The second-order valence-electron chi connectivity index (χ2n) is 7.24. The maximum absolute atomic E-state index is 10.7. The van der Waals surface area contributed by atoms with Crippen molar-refractivity contribution in [3.8, 4) is 0 Å². The Labute approximate surface area is 166 Å². The number of hydrogen-bond acceptors (Lipinski definition) is 2. The average Bonchev–Trinajstić information content (AvgIpc) is 3.08. The van der Waals surface area contributed by atoms with Crippen molar-refractivity contribution in [1.82, 2.24) is 0 Å². The third-order valence-corrected chi connectivity index (χ3v) is 5.74. The molecule has 3 rings (SSSR count). The molecule has 0 saturated heterocycles. The van der Waals surface area contributed by atoms with E-state index >= 15 is 0 Å². The Balaban J connectivity index is 1.46. The summed E-state index contributed by atoms with van der Waals surface area (Å²) in [4.78, 5) is 0. The molecule has 1 aliphatic rings. The van der Waals surface area contributed by atoms with Crippen LogP contribution in [0.1, 0.15) is 36.8 Å². The van der Waals surface area contributed by atoms with Crippen LogP contribution in [0.15, 0.2) is 48.5 Å². The van der Waals surface area contributed by atoms with E-state index in [0.29, 0.717) is 35.1 Å². The molecule has 3 atom stereocenters. The molecule has 1 aliphatic carbocycles. The van der Waals surface area contributed by atoms with Gasteiger partial charge in [0.15, 0.2) is 0 Å². The first-order valence-electron chi connectivity index (χ1n) is 9.36. The van der Waals surface area contributed by atoms with Gasteiger partial charge >= 0.3 is 0 Å². The number of halogens is 2. The van der Waals surface area contributed by atoms with Crippen LogP contribution in [0, 0.1) is 11.8 Å². The first kappa shape index (κ1) is 19.7. The van der Waals surface area contributed by atoms with Gasteiger partial charge in [-0.2, -0.15) is 0 Å². The van der Waals surface area contributed by atoms with Gasteiger partial charge in [0, 0.05) is 10.0 Å². The zero-order valence-corrected chi connectivity index (χ0v) is 16.4. The van der Waals surface area contributed by atoms with Crippen molar-refractivity contribution in [3.05, 3.63) is 69.7 Å². The minimum atomic E-state index is -0.257. The summed E-state index contributed by atoms with van der Waals surface area (Å²) in [6, 6.07) is 15.9. The highest BCUT2D eigenvalue weighted by atomic mass is 35.5. The van der Waals surface area contributed by atoms with Crippen LogP contribution in [0.25, 0.3) is 0 Å². The molecular formula is C22H26Cl2O2.